The highest BCUT2D eigenvalue weighted by atomic mass is 16.6. The summed E-state index contributed by atoms with van der Waals surface area (Å²) in [6.07, 6.45) is 1.28. The van der Waals surface area contributed by atoms with Gasteiger partial charge in [-0.1, -0.05) is 0 Å². The summed E-state index contributed by atoms with van der Waals surface area (Å²) in [5, 5.41) is 7.33. The third kappa shape index (κ3) is 4.57. The van der Waals surface area contributed by atoms with Crippen molar-refractivity contribution in [1.29, 1.82) is 0 Å². The van der Waals surface area contributed by atoms with Crippen LogP contribution in [0.15, 0.2) is 11.3 Å². The van der Waals surface area contributed by atoms with Gasteiger partial charge in [0.05, 0.1) is 6.61 Å². The lowest BCUT2D eigenvalue weighted by Crippen LogP contribution is -2.53. The maximum atomic E-state index is 11.7. The topological polar surface area (TPSA) is 87.9 Å². The molecule has 0 aromatic carbocycles. The van der Waals surface area contributed by atoms with Gasteiger partial charge >= 0.3 is 6.09 Å². The first-order valence-electron chi connectivity index (χ1n) is 7.93. The number of aryl methyl sites for hydroxylation is 1. The monoisotopic (exact) mass is 323 g/mol. The summed E-state index contributed by atoms with van der Waals surface area (Å²) in [4.78, 5) is 24.4. The number of ether oxygens (including phenoxy) is 1. The summed E-state index contributed by atoms with van der Waals surface area (Å²) in [5.41, 5.74) is 0. The Labute approximate surface area is 136 Å². The summed E-state index contributed by atoms with van der Waals surface area (Å²) < 4.78 is 6.75. The van der Waals surface area contributed by atoms with Crippen molar-refractivity contribution in [2.75, 3.05) is 39.3 Å². The molecule has 1 N–H and O–H groups in total. The first-order chi connectivity index (χ1) is 11.2. The summed E-state index contributed by atoms with van der Waals surface area (Å²) in [6, 6.07) is 0. The van der Waals surface area contributed by atoms with Crippen molar-refractivity contribution < 1.29 is 9.53 Å². The summed E-state index contributed by atoms with van der Waals surface area (Å²) >= 11 is 0. The van der Waals surface area contributed by atoms with E-state index in [9.17, 15) is 4.79 Å². The first-order valence-corrected chi connectivity index (χ1v) is 7.93. The number of guanidine groups is 1. The number of aromatic nitrogens is 3. The van der Waals surface area contributed by atoms with Crippen LogP contribution < -0.4 is 5.32 Å². The normalized spacial score (nSPS) is 15.7. The molecule has 1 fully saturated rings. The maximum Gasteiger partial charge on any atom is 0.409 e. The molecule has 1 aliphatic rings. The predicted molar refractivity (Wildman–Crippen MR) is 86.0 cm³/mol. The van der Waals surface area contributed by atoms with Crippen molar-refractivity contribution >= 4 is 12.1 Å². The molecule has 1 saturated heterocycles. The maximum absolute atomic E-state index is 11.7. The lowest BCUT2D eigenvalue weighted by Gasteiger charge is -2.35. The number of amides is 1. The zero-order valence-electron chi connectivity index (χ0n) is 14.0. The molecule has 2 heterocycles. The van der Waals surface area contributed by atoms with Crippen LogP contribution in [0.1, 0.15) is 19.7 Å². The van der Waals surface area contributed by atoms with Gasteiger partial charge in [0.25, 0.3) is 0 Å². The molecule has 0 spiro atoms. The number of aliphatic imine (C=N–C) groups is 1. The third-order valence-electron chi connectivity index (χ3n) is 3.62. The Kier molecular flexibility index (Phi) is 6.19. The van der Waals surface area contributed by atoms with Crippen molar-refractivity contribution in [3.05, 3.63) is 12.2 Å². The average Bonchev–Trinajstić information content (AvgIpc) is 2.97. The second-order valence-electron chi connectivity index (χ2n) is 5.14. The van der Waals surface area contributed by atoms with E-state index >= 15 is 0 Å². The molecule has 0 bridgehead atoms. The molecule has 1 aromatic rings. The zero-order chi connectivity index (χ0) is 16.7. The minimum atomic E-state index is -0.242. The lowest BCUT2D eigenvalue weighted by molar-refractivity contribution is 0.0914. The van der Waals surface area contributed by atoms with Crippen LogP contribution in [0, 0.1) is 0 Å². The largest absolute Gasteiger partial charge is 0.450 e. The van der Waals surface area contributed by atoms with E-state index < -0.39 is 0 Å². The van der Waals surface area contributed by atoms with E-state index in [4.69, 9.17) is 4.74 Å². The van der Waals surface area contributed by atoms with Crippen LogP contribution in [0.25, 0.3) is 0 Å². The Morgan fingerprint density at radius 3 is 2.57 bits per heavy atom. The second kappa shape index (κ2) is 8.35. The van der Waals surface area contributed by atoms with E-state index in [-0.39, 0.29) is 6.09 Å². The van der Waals surface area contributed by atoms with Gasteiger partial charge < -0.3 is 19.9 Å². The predicted octanol–water partition coefficient (Wildman–Crippen LogP) is 0.0547. The van der Waals surface area contributed by atoms with Crippen LogP contribution in [-0.4, -0.2) is 75.9 Å². The molecule has 0 saturated carbocycles. The van der Waals surface area contributed by atoms with Crippen LogP contribution in [-0.2, 0) is 18.3 Å². The van der Waals surface area contributed by atoms with Gasteiger partial charge in [-0.05, 0) is 13.8 Å². The quantitative estimate of drug-likeness (QED) is 0.622. The molecular weight excluding hydrogens is 298 g/mol. The number of nitrogens with one attached hydrogen (secondary N) is 1. The highest BCUT2D eigenvalue weighted by Gasteiger charge is 2.23. The van der Waals surface area contributed by atoms with Gasteiger partial charge in [-0.2, -0.15) is 5.10 Å². The van der Waals surface area contributed by atoms with Gasteiger partial charge in [0, 0.05) is 39.8 Å². The lowest BCUT2D eigenvalue weighted by atomic mass is 10.3. The fourth-order valence-corrected chi connectivity index (χ4v) is 2.35. The van der Waals surface area contributed by atoms with Crippen LogP contribution in [0.5, 0.6) is 0 Å². The molecule has 1 aromatic heterocycles. The minimum Gasteiger partial charge on any atom is -0.450 e. The molecule has 9 nitrogen and oxygen atoms in total. The van der Waals surface area contributed by atoms with Gasteiger partial charge in [-0.15, -0.1) is 0 Å². The van der Waals surface area contributed by atoms with Crippen molar-refractivity contribution in [3.63, 3.8) is 0 Å². The van der Waals surface area contributed by atoms with E-state index in [1.165, 1.54) is 6.33 Å². The fourth-order valence-electron chi connectivity index (χ4n) is 2.35. The molecular formula is C14H25N7O2. The molecule has 23 heavy (non-hydrogen) atoms. The number of nitrogens with zero attached hydrogens (tertiary/aromatic N) is 6. The zero-order valence-corrected chi connectivity index (χ0v) is 14.0. The number of piperazine rings is 1. The van der Waals surface area contributed by atoms with Crippen molar-refractivity contribution in [1.82, 2.24) is 29.9 Å². The van der Waals surface area contributed by atoms with Crippen LogP contribution in [0.3, 0.4) is 0 Å². The van der Waals surface area contributed by atoms with Gasteiger partial charge in [0.1, 0.15) is 18.7 Å². The Morgan fingerprint density at radius 1 is 1.30 bits per heavy atom. The Balaban J connectivity index is 1.94. The average molecular weight is 323 g/mol. The smallest absolute Gasteiger partial charge is 0.409 e. The Bertz CT molecular complexity index is 535. The summed E-state index contributed by atoms with van der Waals surface area (Å²) in [6.45, 7) is 8.23. The van der Waals surface area contributed by atoms with Crippen molar-refractivity contribution in [2.24, 2.45) is 12.0 Å². The van der Waals surface area contributed by atoms with Crippen LogP contribution in [0.4, 0.5) is 4.79 Å². The number of hydrogen-bond donors (Lipinski definition) is 1. The molecule has 2 rings (SSSR count). The van der Waals surface area contributed by atoms with Gasteiger partial charge in [-0.3, -0.25) is 4.68 Å². The summed E-state index contributed by atoms with van der Waals surface area (Å²) in [5.74, 6) is 1.64. The van der Waals surface area contributed by atoms with Crippen molar-refractivity contribution in [2.45, 2.75) is 20.4 Å². The van der Waals surface area contributed by atoms with E-state index in [0.717, 1.165) is 31.4 Å². The molecule has 0 atom stereocenters. The fraction of sp³-hybridized carbons (Fsp3) is 0.714. The third-order valence-corrected chi connectivity index (χ3v) is 3.62. The first kappa shape index (κ1) is 17.0. The van der Waals surface area contributed by atoms with Gasteiger partial charge in [0.2, 0.25) is 0 Å². The highest BCUT2D eigenvalue weighted by Crippen LogP contribution is 2.05. The van der Waals surface area contributed by atoms with E-state index in [2.05, 4.69) is 25.3 Å². The molecule has 1 amide bonds. The molecule has 9 heteroatoms. The number of rotatable bonds is 4. The standard InChI is InChI=1S/C14H25N7O2/c1-4-15-13(16-10-12-17-11-18-19(12)3)20-6-8-21(9-7-20)14(22)23-5-2/h11H,4-10H2,1-3H3,(H,15,16). The highest BCUT2D eigenvalue weighted by molar-refractivity contribution is 5.80. The van der Waals surface area contributed by atoms with Crippen LogP contribution >= 0.6 is 0 Å². The molecule has 0 radical (unpaired) electrons. The molecule has 128 valence electrons. The second-order valence-corrected chi connectivity index (χ2v) is 5.14. The number of carbonyl (C=O) groups excluding carboxylic acids is 1. The van der Waals surface area contributed by atoms with Gasteiger partial charge in [0.15, 0.2) is 5.96 Å². The summed E-state index contributed by atoms with van der Waals surface area (Å²) in [7, 11) is 1.85. The van der Waals surface area contributed by atoms with E-state index in [1.807, 2.05) is 20.9 Å². The van der Waals surface area contributed by atoms with E-state index in [1.54, 1.807) is 9.58 Å². The Hall–Kier alpha value is -2.32. The minimum absolute atomic E-state index is 0.242. The Morgan fingerprint density at radius 2 is 2.00 bits per heavy atom. The van der Waals surface area contributed by atoms with Gasteiger partial charge in [-0.25, -0.2) is 14.8 Å². The molecule has 0 unspecified atom stereocenters. The van der Waals surface area contributed by atoms with E-state index in [0.29, 0.717) is 26.2 Å². The van der Waals surface area contributed by atoms with Crippen molar-refractivity contribution in [3.8, 4) is 0 Å². The number of hydrogen-bond acceptors (Lipinski definition) is 5. The SMILES string of the molecule is CCNC(=NCc1ncnn1C)N1CCN(C(=O)OCC)CC1. The van der Waals surface area contributed by atoms with Crippen LogP contribution in [0.2, 0.25) is 0 Å². The number of carbonyl (C=O) groups is 1. The molecule has 0 aliphatic carbocycles. The molecule has 1 aliphatic heterocycles.